The largest absolute Gasteiger partial charge is 0.348 e. The fraction of sp³-hybridized carbons (Fsp3) is 0.100. The second-order valence-electron chi connectivity index (χ2n) is 6.11. The van der Waals surface area contributed by atoms with Gasteiger partial charge in [0.25, 0.3) is 5.91 Å². The Morgan fingerprint density at radius 1 is 1.15 bits per heavy atom. The van der Waals surface area contributed by atoms with E-state index in [1.54, 1.807) is 41.2 Å². The number of hydrogen-bond donors (Lipinski definition) is 1. The highest BCUT2D eigenvalue weighted by Crippen LogP contribution is 2.20. The van der Waals surface area contributed by atoms with Crippen molar-refractivity contribution >= 4 is 17.1 Å². The standard InChI is InChI=1S/C20H16FN5O/c1-13-16(20(27)23-12-14-5-2-6-15(21)11-14)7-3-9-18(13)26-19-17(24-25-26)8-4-10-22-19/h2-11H,12H2,1H3,(H,23,27). The van der Waals surface area contributed by atoms with Crippen molar-refractivity contribution in [3.63, 3.8) is 0 Å². The van der Waals surface area contributed by atoms with Gasteiger partial charge in [0, 0.05) is 18.3 Å². The summed E-state index contributed by atoms with van der Waals surface area (Å²) in [6, 6.07) is 15.2. The fourth-order valence-corrected chi connectivity index (χ4v) is 2.95. The maximum absolute atomic E-state index is 13.3. The number of nitrogens with zero attached hydrogens (tertiary/aromatic N) is 4. The zero-order chi connectivity index (χ0) is 18.8. The summed E-state index contributed by atoms with van der Waals surface area (Å²) in [5, 5.41) is 11.1. The van der Waals surface area contributed by atoms with Crippen molar-refractivity contribution < 1.29 is 9.18 Å². The van der Waals surface area contributed by atoms with Gasteiger partial charge in [0.2, 0.25) is 0 Å². The van der Waals surface area contributed by atoms with Crippen LogP contribution >= 0.6 is 0 Å². The second-order valence-corrected chi connectivity index (χ2v) is 6.11. The first kappa shape index (κ1) is 16.8. The van der Waals surface area contributed by atoms with E-state index in [1.165, 1.54) is 12.1 Å². The molecule has 0 bridgehead atoms. The van der Waals surface area contributed by atoms with Crippen LogP contribution in [0.1, 0.15) is 21.5 Å². The van der Waals surface area contributed by atoms with Crippen molar-refractivity contribution in [1.82, 2.24) is 25.3 Å². The van der Waals surface area contributed by atoms with Gasteiger partial charge in [0.1, 0.15) is 11.3 Å². The number of amides is 1. The maximum atomic E-state index is 13.3. The lowest BCUT2D eigenvalue weighted by atomic mass is 10.1. The first-order valence-corrected chi connectivity index (χ1v) is 8.42. The third-order valence-electron chi connectivity index (χ3n) is 4.33. The van der Waals surface area contributed by atoms with Gasteiger partial charge >= 0.3 is 0 Å². The number of benzene rings is 2. The lowest BCUT2D eigenvalue weighted by molar-refractivity contribution is 0.0950. The van der Waals surface area contributed by atoms with E-state index >= 15 is 0 Å². The molecule has 4 rings (SSSR count). The number of carbonyl (C=O) groups is 1. The molecule has 7 heteroatoms. The van der Waals surface area contributed by atoms with Crippen LogP contribution in [0.4, 0.5) is 4.39 Å². The summed E-state index contributed by atoms with van der Waals surface area (Å²) in [4.78, 5) is 17.0. The molecule has 0 radical (unpaired) electrons. The zero-order valence-electron chi connectivity index (χ0n) is 14.6. The smallest absolute Gasteiger partial charge is 0.251 e. The molecule has 1 N–H and O–H groups in total. The highest BCUT2D eigenvalue weighted by atomic mass is 19.1. The Bertz CT molecular complexity index is 1140. The van der Waals surface area contributed by atoms with Gasteiger partial charge in [0.05, 0.1) is 5.69 Å². The summed E-state index contributed by atoms with van der Waals surface area (Å²) in [6.45, 7) is 2.09. The van der Waals surface area contributed by atoms with Crippen molar-refractivity contribution in [1.29, 1.82) is 0 Å². The van der Waals surface area contributed by atoms with E-state index < -0.39 is 0 Å². The van der Waals surface area contributed by atoms with Crippen LogP contribution in [-0.2, 0) is 6.54 Å². The van der Waals surface area contributed by atoms with E-state index in [-0.39, 0.29) is 18.3 Å². The van der Waals surface area contributed by atoms with Crippen LogP contribution in [0.25, 0.3) is 16.9 Å². The monoisotopic (exact) mass is 361 g/mol. The van der Waals surface area contributed by atoms with E-state index in [0.717, 1.165) is 11.3 Å². The third-order valence-corrected chi connectivity index (χ3v) is 4.33. The van der Waals surface area contributed by atoms with Crippen molar-refractivity contribution in [2.75, 3.05) is 0 Å². The number of halogens is 1. The quantitative estimate of drug-likeness (QED) is 0.606. The Morgan fingerprint density at radius 2 is 2.00 bits per heavy atom. The fourth-order valence-electron chi connectivity index (χ4n) is 2.95. The molecule has 0 aliphatic carbocycles. The number of fused-ring (bicyclic) bond motifs is 1. The van der Waals surface area contributed by atoms with Crippen LogP contribution < -0.4 is 5.32 Å². The molecule has 1 amide bonds. The number of pyridine rings is 1. The maximum Gasteiger partial charge on any atom is 0.251 e. The third kappa shape index (κ3) is 3.27. The molecule has 0 saturated carbocycles. The van der Waals surface area contributed by atoms with Crippen molar-refractivity contribution in [3.8, 4) is 5.69 Å². The first-order valence-electron chi connectivity index (χ1n) is 8.42. The molecule has 0 saturated heterocycles. The molecular weight excluding hydrogens is 345 g/mol. The van der Waals surface area contributed by atoms with E-state index in [1.807, 2.05) is 19.1 Å². The van der Waals surface area contributed by atoms with E-state index in [0.29, 0.717) is 22.3 Å². The number of rotatable bonds is 4. The van der Waals surface area contributed by atoms with Gasteiger partial charge in [-0.15, -0.1) is 5.10 Å². The van der Waals surface area contributed by atoms with Crippen LogP contribution in [0.3, 0.4) is 0 Å². The number of carbonyl (C=O) groups excluding carboxylic acids is 1. The lowest BCUT2D eigenvalue weighted by Gasteiger charge is -2.12. The normalized spacial score (nSPS) is 10.9. The zero-order valence-corrected chi connectivity index (χ0v) is 14.6. The average molecular weight is 361 g/mol. The molecule has 134 valence electrons. The van der Waals surface area contributed by atoms with Gasteiger partial charge in [-0.05, 0) is 54.4 Å². The SMILES string of the molecule is Cc1c(C(=O)NCc2cccc(F)c2)cccc1-n1nnc2cccnc21. The van der Waals surface area contributed by atoms with Gasteiger partial charge in [-0.3, -0.25) is 4.79 Å². The lowest BCUT2D eigenvalue weighted by Crippen LogP contribution is -2.24. The first-order chi connectivity index (χ1) is 13.1. The molecular formula is C20H16FN5O. The molecule has 0 spiro atoms. The number of hydrogen-bond acceptors (Lipinski definition) is 4. The molecule has 0 aliphatic rings. The topological polar surface area (TPSA) is 72.7 Å². The molecule has 0 fully saturated rings. The molecule has 4 aromatic rings. The minimum absolute atomic E-state index is 0.240. The Morgan fingerprint density at radius 3 is 2.85 bits per heavy atom. The van der Waals surface area contributed by atoms with E-state index in [4.69, 9.17) is 0 Å². The Kier molecular flexibility index (Phi) is 4.33. The molecule has 0 unspecified atom stereocenters. The van der Waals surface area contributed by atoms with Crippen LogP contribution in [0.15, 0.2) is 60.8 Å². The highest BCUT2D eigenvalue weighted by molar-refractivity contribution is 5.96. The minimum Gasteiger partial charge on any atom is -0.348 e. The minimum atomic E-state index is -0.328. The highest BCUT2D eigenvalue weighted by Gasteiger charge is 2.15. The Hall–Kier alpha value is -3.61. The molecule has 2 aromatic carbocycles. The molecule has 2 aromatic heterocycles. The Labute approximate surface area is 154 Å². The van der Waals surface area contributed by atoms with Crippen LogP contribution in [-0.4, -0.2) is 25.9 Å². The van der Waals surface area contributed by atoms with Crippen molar-refractivity contribution in [2.24, 2.45) is 0 Å². The number of nitrogens with one attached hydrogen (secondary N) is 1. The van der Waals surface area contributed by atoms with Crippen molar-refractivity contribution in [2.45, 2.75) is 13.5 Å². The summed E-state index contributed by atoms with van der Waals surface area (Å²) >= 11 is 0. The summed E-state index contributed by atoms with van der Waals surface area (Å²) < 4.78 is 14.9. The van der Waals surface area contributed by atoms with Gasteiger partial charge in [-0.25, -0.2) is 9.37 Å². The molecule has 6 nitrogen and oxygen atoms in total. The molecule has 0 aliphatic heterocycles. The second kappa shape index (κ2) is 6.95. The van der Waals surface area contributed by atoms with E-state index in [9.17, 15) is 9.18 Å². The molecule has 2 heterocycles. The number of aromatic nitrogens is 4. The van der Waals surface area contributed by atoms with Crippen LogP contribution in [0.2, 0.25) is 0 Å². The van der Waals surface area contributed by atoms with Crippen LogP contribution in [0.5, 0.6) is 0 Å². The summed E-state index contributed by atoms with van der Waals surface area (Å²) in [5.74, 6) is -0.568. The summed E-state index contributed by atoms with van der Waals surface area (Å²) in [5.41, 5.74) is 4.00. The summed E-state index contributed by atoms with van der Waals surface area (Å²) in [7, 11) is 0. The molecule has 27 heavy (non-hydrogen) atoms. The molecule has 0 atom stereocenters. The van der Waals surface area contributed by atoms with E-state index in [2.05, 4.69) is 20.6 Å². The van der Waals surface area contributed by atoms with Gasteiger partial charge in [-0.2, -0.15) is 4.68 Å². The summed E-state index contributed by atoms with van der Waals surface area (Å²) in [6.07, 6.45) is 1.67. The van der Waals surface area contributed by atoms with Gasteiger partial charge in [0.15, 0.2) is 5.65 Å². The Balaban J connectivity index is 1.63. The van der Waals surface area contributed by atoms with Crippen LogP contribution in [0, 0.1) is 12.7 Å². The predicted octanol–water partition coefficient (Wildman–Crippen LogP) is 3.19. The predicted molar refractivity (Wildman–Crippen MR) is 99.0 cm³/mol. The average Bonchev–Trinajstić information content (AvgIpc) is 3.10. The van der Waals surface area contributed by atoms with Gasteiger partial charge in [-0.1, -0.05) is 23.4 Å². The van der Waals surface area contributed by atoms with Gasteiger partial charge < -0.3 is 5.32 Å². The van der Waals surface area contributed by atoms with Crippen molar-refractivity contribution in [3.05, 3.63) is 83.3 Å².